The van der Waals surface area contributed by atoms with Crippen molar-refractivity contribution in [2.45, 2.75) is 44.2 Å². The van der Waals surface area contributed by atoms with E-state index in [1.54, 1.807) is 0 Å². The highest BCUT2D eigenvalue weighted by molar-refractivity contribution is 5.82. The van der Waals surface area contributed by atoms with Crippen LogP contribution in [0.15, 0.2) is 0 Å². The smallest absolute Gasteiger partial charge is 0.237 e. The molecule has 1 amide bonds. The van der Waals surface area contributed by atoms with Gasteiger partial charge in [-0.2, -0.15) is 0 Å². The molecule has 0 aromatic rings. The molecule has 0 radical (unpaired) electrons. The number of carbonyl (C=O) groups is 1. The third-order valence-corrected chi connectivity index (χ3v) is 3.24. The summed E-state index contributed by atoms with van der Waals surface area (Å²) in [5, 5.41) is 6.32. The Morgan fingerprint density at radius 3 is 3.00 bits per heavy atom. The number of ether oxygens (including phenoxy) is 1. The molecule has 4 nitrogen and oxygen atoms in total. The molecule has 2 aliphatic rings. The lowest BCUT2D eigenvalue weighted by molar-refractivity contribution is -0.126. The summed E-state index contributed by atoms with van der Waals surface area (Å²) in [6.07, 6.45) is 4.12. The minimum Gasteiger partial charge on any atom is -0.379 e. The summed E-state index contributed by atoms with van der Waals surface area (Å²) in [6, 6.07) is 0.0174. The predicted octanol–water partition coefficient (Wildman–Crippen LogP) is 0.424. The van der Waals surface area contributed by atoms with Crippen molar-refractivity contribution in [1.82, 2.24) is 10.6 Å². The second-order valence-corrected chi connectivity index (χ2v) is 4.85. The second kappa shape index (κ2) is 4.49. The SMILES string of the molecule is CC1(NC(=O)C2CCCN2)CCCOC1. The molecule has 0 aromatic carbocycles. The second-order valence-electron chi connectivity index (χ2n) is 4.85. The quantitative estimate of drug-likeness (QED) is 0.697. The number of amides is 1. The predicted molar refractivity (Wildman–Crippen MR) is 57.6 cm³/mol. The topological polar surface area (TPSA) is 50.4 Å². The Morgan fingerprint density at radius 1 is 1.53 bits per heavy atom. The highest BCUT2D eigenvalue weighted by atomic mass is 16.5. The van der Waals surface area contributed by atoms with Crippen LogP contribution in [-0.4, -0.2) is 37.2 Å². The monoisotopic (exact) mass is 212 g/mol. The third-order valence-electron chi connectivity index (χ3n) is 3.24. The van der Waals surface area contributed by atoms with Crippen molar-refractivity contribution in [3.05, 3.63) is 0 Å². The van der Waals surface area contributed by atoms with Crippen molar-refractivity contribution in [2.75, 3.05) is 19.8 Å². The average Bonchev–Trinajstić information content (AvgIpc) is 2.70. The summed E-state index contributed by atoms with van der Waals surface area (Å²) in [7, 11) is 0. The summed E-state index contributed by atoms with van der Waals surface area (Å²) in [5.41, 5.74) is -0.153. The van der Waals surface area contributed by atoms with Gasteiger partial charge in [-0.15, -0.1) is 0 Å². The number of rotatable bonds is 2. The van der Waals surface area contributed by atoms with Gasteiger partial charge in [0.2, 0.25) is 5.91 Å². The molecule has 4 heteroatoms. The Kier molecular flexibility index (Phi) is 3.26. The van der Waals surface area contributed by atoms with Crippen molar-refractivity contribution in [2.24, 2.45) is 0 Å². The molecule has 2 aliphatic heterocycles. The van der Waals surface area contributed by atoms with Crippen molar-refractivity contribution in [1.29, 1.82) is 0 Å². The fourth-order valence-corrected chi connectivity index (χ4v) is 2.33. The van der Waals surface area contributed by atoms with Gasteiger partial charge >= 0.3 is 0 Å². The minimum atomic E-state index is -0.153. The van der Waals surface area contributed by atoms with Gasteiger partial charge in [-0.25, -0.2) is 0 Å². The van der Waals surface area contributed by atoms with Crippen molar-refractivity contribution in [3.8, 4) is 0 Å². The molecule has 0 aromatic heterocycles. The first kappa shape index (κ1) is 10.9. The number of carbonyl (C=O) groups excluding carboxylic acids is 1. The van der Waals surface area contributed by atoms with E-state index in [-0.39, 0.29) is 17.5 Å². The van der Waals surface area contributed by atoms with Crippen LogP contribution in [0.4, 0.5) is 0 Å². The maximum Gasteiger partial charge on any atom is 0.237 e. The van der Waals surface area contributed by atoms with Gasteiger partial charge in [-0.3, -0.25) is 4.79 Å². The molecule has 0 spiro atoms. The number of nitrogens with one attached hydrogen (secondary N) is 2. The molecule has 2 atom stereocenters. The van der Waals surface area contributed by atoms with E-state index >= 15 is 0 Å². The van der Waals surface area contributed by atoms with E-state index in [0.29, 0.717) is 6.61 Å². The molecule has 0 saturated carbocycles. The van der Waals surface area contributed by atoms with E-state index in [1.807, 2.05) is 0 Å². The summed E-state index contributed by atoms with van der Waals surface area (Å²) >= 11 is 0. The average molecular weight is 212 g/mol. The molecule has 15 heavy (non-hydrogen) atoms. The van der Waals surface area contributed by atoms with Crippen molar-refractivity contribution >= 4 is 5.91 Å². The molecule has 0 bridgehead atoms. The van der Waals surface area contributed by atoms with E-state index in [0.717, 1.165) is 38.8 Å². The van der Waals surface area contributed by atoms with Gasteiger partial charge in [0.25, 0.3) is 0 Å². The van der Waals surface area contributed by atoms with Crippen molar-refractivity contribution in [3.63, 3.8) is 0 Å². The largest absolute Gasteiger partial charge is 0.379 e. The standard InChI is InChI=1S/C11H20N2O2/c1-11(5-3-7-15-8-11)13-10(14)9-4-2-6-12-9/h9,12H,2-8H2,1H3,(H,13,14). The zero-order chi connectivity index (χ0) is 10.7. The molecule has 2 unspecified atom stereocenters. The summed E-state index contributed by atoms with van der Waals surface area (Å²) < 4.78 is 5.41. The summed E-state index contributed by atoms with van der Waals surface area (Å²) in [5.74, 6) is 0.139. The zero-order valence-electron chi connectivity index (χ0n) is 9.34. The minimum absolute atomic E-state index is 0.0174. The van der Waals surface area contributed by atoms with E-state index in [1.165, 1.54) is 0 Å². The van der Waals surface area contributed by atoms with Gasteiger partial charge in [-0.1, -0.05) is 0 Å². The first-order valence-corrected chi connectivity index (χ1v) is 5.83. The molecule has 2 saturated heterocycles. The first-order chi connectivity index (χ1) is 7.20. The van der Waals surface area contributed by atoms with Gasteiger partial charge in [0.1, 0.15) is 0 Å². The van der Waals surface area contributed by atoms with Crippen LogP contribution in [0, 0.1) is 0 Å². The van der Waals surface area contributed by atoms with Gasteiger partial charge < -0.3 is 15.4 Å². The lowest BCUT2D eigenvalue weighted by atomic mass is 9.94. The Morgan fingerprint density at radius 2 is 2.40 bits per heavy atom. The zero-order valence-corrected chi connectivity index (χ0v) is 9.34. The first-order valence-electron chi connectivity index (χ1n) is 5.83. The normalized spacial score (nSPS) is 36.5. The van der Waals surface area contributed by atoms with Gasteiger partial charge in [-0.05, 0) is 39.2 Å². The third kappa shape index (κ3) is 2.69. The molecule has 86 valence electrons. The van der Waals surface area contributed by atoms with Crippen LogP contribution in [0.3, 0.4) is 0 Å². The van der Waals surface area contributed by atoms with Gasteiger partial charge in [0.05, 0.1) is 18.2 Å². The fourth-order valence-electron chi connectivity index (χ4n) is 2.33. The Balaban J connectivity index is 1.86. The Labute approximate surface area is 90.8 Å². The van der Waals surface area contributed by atoms with Crippen molar-refractivity contribution < 1.29 is 9.53 Å². The molecule has 2 fully saturated rings. The summed E-state index contributed by atoms with van der Waals surface area (Å²) in [6.45, 7) is 4.50. The van der Waals surface area contributed by atoms with Crippen LogP contribution in [0.1, 0.15) is 32.6 Å². The van der Waals surface area contributed by atoms with Gasteiger partial charge in [0, 0.05) is 6.61 Å². The highest BCUT2D eigenvalue weighted by Crippen LogP contribution is 2.19. The van der Waals surface area contributed by atoms with Crippen LogP contribution in [0.2, 0.25) is 0 Å². The lowest BCUT2D eigenvalue weighted by Gasteiger charge is -2.35. The molecule has 2 rings (SSSR count). The van der Waals surface area contributed by atoms with Crippen LogP contribution in [-0.2, 0) is 9.53 Å². The fraction of sp³-hybridized carbons (Fsp3) is 0.909. The van der Waals surface area contributed by atoms with E-state index in [9.17, 15) is 4.79 Å². The van der Waals surface area contributed by atoms with Crippen LogP contribution < -0.4 is 10.6 Å². The summed E-state index contributed by atoms with van der Waals surface area (Å²) in [4.78, 5) is 11.9. The molecular formula is C11H20N2O2. The molecular weight excluding hydrogens is 192 g/mol. The van der Waals surface area contributed by atoms with Crippen LogP contribution in [0.25, 0.3) is 0 Å². The maximum absolute atomic E-state index is 11.9. The van der Waals surface area contributed by atoms with Crippen LogP contribution in [0.5, 0.6) is 0 Å². The van der Waals surface area contributed by atoms with E-state index in [2.05, 4.69) is 17.6 Å². The molecule has 0 aliphatic carbocycles. The van der Waals surface area contributed by atoms with E-state index < -0.39 is 0 Å². The number of hydrogen-bond donors (Lipinski definition) is 2. The lowest BCUT2D eigenvalue weighted by Crippen LogP contribution is -2.55. The highest BCUT2D eigenvalue weighted by Gasteiger charge is 2.32. The Bertz CT molecular complexity index is 231. The maximum atomic E-state index is 11.9. The van der Waals surface area contributed by atoms with Crippen LogP contribution >= 0.6 is 0 Å². The number of hydrogen-bond acceptors (Lipinski definition) is 3. The Hall–Kier alpha value is -0.610. The molecule has 2 N–H and O–H groups in total. The molecule has 2 heterocycles. The van der Waals surface area contributed by atoms with E-state index in [4.69, 9.17) is 4.74 Å². The van der Waals surface area contributed by atoms with Gasteiger partial charge in [0.15, 0.2) is 0 Å².